The molecule has 3 N–H and O–H groups in total. The van der Waals surface area contributed by atoms with Gasteiger partial charge in [0.1, 0.15) is 11.9 Å². The molecule has 0 radical (unpaired) electrons. The summed E-state index contributed by atoms with van der Waals surface area (Å²) in [6, 6.07) is -0.498. The van der Waals surface area contributed by atoms with E-state index in [4.69, 9.17) is 0 Å². The molecule has 0 spiro atoms. The summed E-state index contributed by atoms with van der Waals surface area (Å²) < 4.78 is 1.54. The van der Waals surface area contributed by atoms with Gasteiger partial charge >= 0.3 is 12.0 Å². The second-order valence-electron chi connectivity index (χ2n) is 5.09. The van der Waals surface area contributed by atoms with Crippen LogP contribution in [0.25, 0.3) is 0 Å². The highest BCUT2D eigenvalue weighted by Gasteiger charge is 2.40. The van der Waals surface area contributed by atoms with Crippen LogP contribution in [0, 0.1) is 0 Å². The zero-order chi connectivity index (χ0) is 14.6. The highest BCUT2D eigenvalue weighted by molar-refractivity contribution is 5.86. The molecular formula is C12H19N5O3. The van der Waals surface area contributed by atoms with Crippen LogP contribution < -0.4 is 10.6 Å². The summed E-state index contributed by atoms with van der Waals surface area (Å²) in [5.41, 5.74) is -1.14. The van der Waals surface area contributed by atoms with Gasteiger partial charge in [0.15, 0.2) is 5.82 Å². The topological polar surface area (TPSA) is 109 Å². The van der Waals surface area contributed by atoms with E-state index in [1.165, 1.54) is 11.0 Å². The van der Waals surface area contributed by atoms with Crippen LogP contribution in [0.2, 0.25) is 0 Å². The molecule has 1 fully saturated rings. The minimum absolute atomic E-state index is 0.169. The number of hydrogen-bond acceptors (Lipinski definition) is 4. The number of carboxylic acids is 1. The molecule has 0 aliphatic heterocycles. The molecule has 2 amide bonds. The zero-order valence-electron chi connectivity index (χ0n) is 11.4. The Kier molecular flexibility index (Phi) is 4.21. The summed E-state index contributed by atoms with van der Waals surface area (Å²) in [6.07, 6.45) is 5.11. The third kappa shape index (κ3) is 3.25. The quantitative estimate of drug-likeness (QED) is 0.740. The second-order valence-corrected chi connectivity index (χ2v) is 5.09. The number of aryl methyl sites for hydroxylation is 1. The first-order chi connectivity index (χ1) is 9.52. The number of carbonyl (C=O) groups is 2. The Balaban J connectivity index is 1.90. The molecule has 20 heavy (non-hydrogen) atoms. The van der Waals surface area contributed by atoms with Gasteiger partial charge in [-0.3, -0.25) is 4.68 Å². The Morgan fingerprint density at radius 2 is 2.10 bits per heavy atom. The first-order valence-electron chi connectivity index (χ1n) is 6.66. The fourth-order valence-electron chi connectivity index (χ4n) is 2.43. The van der Waals surface area contributed by atoms with Gasteiger partial charge in [0, 0.05) is 7.05 Å². The van der Waals surface area contributed by atoms with E-state index in [2.05, 4.69) is 20.7 Å². The second kappa shape index (κ2) is 5.89. The molecule has 1 aromatic heterocycles. The largest absolute Gasteiger partial charge is 0.480 e. The molecule has 0 atom stereocenters. The monoisotopic (exact) mass is 281 g/mol. The van der Waals surface area contributed by atoms with Crippen molar-refractivity contribution in [1.82, 2.24) is 25.4 Å². The van der Waals surface area contributed by atoms with Gasteiger partial charge in [-0.1, -0.05) is 19.3 Å². The van der Waals surface area contributed by atoms with E-state index in [-0.39, 0.29) is 6.54 Å². The van der Waals surface area contributed by atoms with E-state index in [0.29, 0.717) is 18.7 Å². The SMILES string of the molecule is Cn1cnc(CNC(=O)NC2(C(=O)O)CCCCC2)n1. The third-order valence-corrected chi connectivity index (χ3v) is 3.52. The maximum Gasteiger partial charge on any atom is 0.329 e. The average Bonchev–Trinajstić information content (AvgIpc) is 2.83. The van der Waals surface area contributed by atoms with Crippen LogP contribution in [-0.4, -0.2) is 37.4 Å². The number of amides is 2. The van der Waals surface area contributed by atoms with E-state index >= 15 is 0 Å². The van der Waals surface area contributed by atoms with Crippen LogP contribution in [0.15, 0.2) is 6.33 Å². The Morgan fingerprint density at radius 3 is 2.65 bits per heavy atom. The molecule has 1 heterocycles. The van der Waals surface area contributed by atoms with Crippen LogP contribution in [0.1, 0.15) is 37.9 Å². The standard InChI is InChI=1S/C12H19N5O3/c1-17-8-14-9(16-17)7-13-11(20)15-12(10(18)19)5-3-2-4-6-12/h8H,2-7H2,1H3,(H,18,19)(H2,13,15,20). The Hall–Kier alpha value is -2.12. The maximum absolute atomic E-state index is 11.9. The minimum atomic E-state index is -1.14. The van der Waals surface area contributed by atoms with Gasteiger partial charge in [0.2, 0.25) is 0 Å². The number of carboxylic acid groups (broad SMARTS) is 1. The van der Waals surface area contributed by atoms with Crippen molar-refractivity contribution in [2.75, 3.05) is 0 Å². The van der Waals surface area contributed by atoms with E-state index in [9.17, 15) is 14.7 Å². The zero-order valence-corrected chi connectivity index (χ0v) is 11.4. The highest BCUT2D eigenvalue weighted by Crippen LogP contribution is 2.28. The predicted octanol–water partition coefficient (Wildman–Crippen LogP) is 0.402. The van der Waals surface area contributed by atoms with Gasteiger partial charge in [0.25, 0.3) is 0 Å². The summed E-state index contributed by atoms with van der Waals surface area (Å²) in [4.78, 5) is 27.3. The number of nitrogens with zero attached hydrogens (tertiary/aromatic N) is 3. The number of carbonyl (C=O) groups excluding carboxylic acids is 1. The number of urea groups is 1. The van der Waals surface area contributed by atoms with Crippen molar-refractivity contribution >= 4 is 12.0 Å². The number of aromatic nitrogens is 3. The van der Waals surface area contributed by atoms with Gasteiger partial charge in [-0.25, -0.2) is 14.6 Å². The van der Waals surface area contributed by atoms with Crippen molar-refractivity contribution in [3.8, 4) is 0 Å². The maximum atomic E-state index is 11.9. The smallest absolute Gasteiger partial charge is 0.329 e. The van der Waals surface area contributed by atoms with Crippen LogP contribution in [0.5, 0.6) is 0 Å². The van der Waals surface area contributed by atoms with E-state index in [1.807, 2.05) is 0 Å². The molecule has 2 rings (SSSR count). The summed E-state index contributed by atoms with van der Waals surface area (Å²) in [7, 11) is 1.73. The Bertz CT molecular complexity index is 493. The van der Waals surface area contributed by atoms with Crippen LogP contribution in [0.4, 0.5) is 4.79 Å². The fourth-order valence-corrected chi connectivity index (χ4v) is 2.43. The highest BCUT2D eigenvalue weighted by atomic mass is 16.4. The molecule has 8 heteroatoms. The predicted molar refractivity (Wildman–Crippen MR) is 69.8 cm³/mol. The van der Waals surface area contributed by atoms with Crippen LogP contribution >= 0.6 is 0 Å². The Labute approximate surface area is 116 Å². The summed E-state index contributed by atoms with van der Waals surface area (Å²) >= 11 is 0. The molecule has 8 nitrogen and oxygen atoms in total. The van der Waals surface area contributed by atoms with Crippen molar-refractivity contribution in [2.24, 2.45) is 7.05 Å². The molecule has 0 saturated heterocycles. The average molecular weight is 281 g/mol. The molecule has 1 aliphatic carbocycles. The number of nitrogens with one attached hydrogen (secondary N) is 2. The van der Waals surface area contributed by atoms with Crippen LogP contribution in [0.3, 0.4) is 0 Å². The lowest BCUT2D eigenvalue weighted by molar-refractivity contribution is -0.145. The van der Waals surface area contributed by atoms with Crippen molar-refractivity contribution in [3.63, 3.8) is 0 Å². The molecule has 1 aliphatic rings. The molecule has 0 unspecified atom stereocenters. The van der Waals surface area contributed by atoms with E-state index in [1.54, 1.807) is 7.05 Å². The molecule has 1 aromatic rings. The lowest BCUT2D eigenvalue weighted by Gasteiger charge is -2.33. The molecule has 1 saturated carbocycles. The van der Waals surface area contributed by atoms with E-state index < -0.39 is 17.5 Å². The lowest BCUT2D eigenvalue weighted by atomic mass is 9.82. The van der Waals surface area contributed by atoms with Crippen molar-refractivity contribution in [3.05, 3.63) is 12.2 Å². The van der Waals surface area contributed by atoms with Crippen molar-refractivity contribution in [1.29, 1.82) is 0 Å². The molecule has 0 bridgehead atoms. The van der Waals surface area contributed by atoms with Gasteiger partial charge in [-0.2, -0.15) is 5.10 Å². The molecule has 0 aromatic carbocycles. The first kappa shape index (κ1) is 14.3. The fraction of sp³-hybridized carbons (Fsp3) is 0.667. The minimum Gasteiger partial charge on any atom is -0.480 e. The normalized spacial score (nSPS) is 17.4. The number of rotatable bonds is 4. The first-order valence-corrected chi connectivity index (χ1v) is 6.66. The van der Waals surface area contributed by atoms with Gasteiger partial charge < -0.3 is 15.7 Å². The van der Waals surface area contributed by atoms with E-state index in [0.717, 1.165) is 19.3 Å². The van der Waals surface area contributed by atoms with Gasteiger partial charge in [-0.05, 0) is 12.8 Å². The Morgan fingerprint density at radius 1 is 1.40 bits per heavy atom. The number of hydrogen-bond donors (Lipinski definition) is 3. The van der Waals surface area contributed by atoms with Crippen LogP contribution in [-0.2, 0) is 18.4 Å². The third-order valence-electron chi connectivity index (χ3n) is 3.52. The summed E-state index contributed by atoms with van der Waals surface area (Å²) in [5, 5.41) is 18.6. The van der Waals surface area contributed by atoms with Crippen molar-refractivity contribution in [2.45, 2.75) is 44.2 Å². The summed E-state index contributed by atoms with van der Waals surface area (Å²) in [5.74, 6) is -0.487. The van der Waals surface area contributed by atoms with Crippen molar-refractivity contribution < 1.29 is 14.7 Å². The van der Waals surface area contributed by atoms with Gasteiger partial charge in [0.05, 0.1) is 6.54 Å². The summed E-state index contributed by atoms with van der Waals surface area (Å²) in [6.45, 7) is 0.169. The molecular weight excluding hydrogens is 262 g/mol. The van der Waals surface area contributed by atoms with Gasteiger partial charge in [-0.15, -0.1) is 0 Å². The molecule has 110 valence electrons. The lowest BCUT2D eigenvalue weighted by Crippen LogP contribution is -2.58. The number of aliphatic carboxylic acids is 1.